The maximum absolute atomic E-state index is 12.2. The van der Waals surface area contributed by atoms with Gasteiger partial charge in [0.25, 0.3) is 0 Å². The zero-order valence-electron chi connectivity index (χ0n) is 16.6. The highest BCUT2D eigenvalue weighted by molar-refractivity contribution is 5.94. The monoisotopic (exact) mass is 454 g/mol. The van der Waals surface area contributed by atoms with Gasteiger partial charge < -0.3 is 21.1 Å². The number of carbonyl (C=O) groups is 2. The van der Waals surface area contributed by atoms with Crippen LogP contribution in [0.1, 0.15) is 18.0 Å². The Labute approximate surface area is 189 Å². The van der Waals surface area contributed by atoms with E-state index in [2.05, 4.69) is 15.5 Å². The molecule has 1 unspecified atom stereocenters. The van der Waals surface area contributed by atoms with Crippen LogP contribution in [0.2, 0.25) is 0 Å². The second kappa shape index (κ2) is 13.2. The summed E-state index contributed by atoms with van der Waals surface area (Å²) in [7, 11) is 0. The number of halogens is 2. The summed E-state index contributed by atoms with van der Waals surface area (Å²) in [6.07, 6.45) is 0.196. The summed E-state index contributed by atoms with van der Waals surface area (Å²) < 4.78 is 5.28. The van der Waals surface area contributed by atoms with Gasteiger partial charge in [-0.15, -0.1) is 24.8 Å². The highest BCUT2D eigenvalue weighted by atomic mass is 35.5. The first-order valence-electron chi connectivity index (χ1n) is 9.40. The molecule has 1 atom stereocenters. The van der Waals surface area contributed by atoms with Crippen LogP contribution < -0.4 is 16.4 Å². The number of ether oxygens (including phenoxy) is 1. The predicted octanol–water partition coefficient (Wildman–Crippen LogP) is 2.83. The zero-order valence-corrected chi connectivity index (χ0v) is 18.2. The smallest absolute Gasteiger partial charge is 0.238 e. The lowest BCUT2D eigenvalue weighted by Gasteiger charge is -2.25. The molecule has 0 bridgehead atoms. The zero-order chi connectivity index (χ0) is 19.8. The molecule has 1 fully saturated rings. The topological polar surface area (TPSA) is 96.7 Å². The van der Waals surface area contributed by atoms with Crippen molar-refractivity contribution in [3.63, 3.8) is 0 Å². The Morgan fingerprint density at radius 1 is 0.900 bits per heavy atom. The Kier molecular flexibility index (Phi) is 11.4. The van der Waals surface area contributed by atoms with Crippen molar-refractivity contribution in [2.24, 2.45) is 5.73 Å². The molecule has 4 N–H and O–H groups in total. The minimum atomic E-state index is -0.347. The van der Waals surface area contributed by atoms with Gasteiger partial charge >= 0.3 is 0 Å². The van der Waals surface area contributed by atoms with Gasteiger partial charge in [-0.3, -0.25) is 14.5 Å². The van der Waals surface area contributed by atoms with Gasteiger partial charge in [-0.2, -0.15) is 0 Å². The van der Waals surface area contributed by atoms with E-state index in [1.54, 1.807) is 24.3 Å². The van der Waals surface area contributed by atoms with Crippen LogP contribution >= 0.6 is 24.8 Å². The average molecular weight is 455 g/mol. The molecule has 0 saturated carbocycles. The van der Waals surface area contributed by atoms with Crippen molar-refractivity contribution in [2.75, 3.05) is 43.5 Å². The third-order valence-electron chi connectivity index (χ3n) is 4.56. The maximum atomic E-state index is 12.2. The first kappa shape index (κ1) is 25.9. The molecule has 1 aliphatic rings. The summed E-state index contributed by atoms with van der Waals surface area (Å²) in [6.45, 7) is 3.21. The summed E-state index contributed by atoms with van der Waals surface area (Å²) in [6, 6.07) is 16.2. The second-order valence-corrected chi connectivity index (χ2v) is 6.78. The number of rotatable bonds is 7. The maximum Gasteiger partial charge on any atom is 0.238 e. The van der Waals surface area contributed by atoms with Crippen molar-refractivity contribution >= 4 is 48.0 Å². The second-order valence-electron chi connectivity index (χ2n) is 6.78. The molecule has 30 heavy (non-hydrogen) atoms. The van der Waals surface area contributed by atoms with Gasteiger partial charge in [0, 0.05) is 36.9 Å². The number of anilines is 2. The molecule has 2 amide bonds. The lowest BCUT2D eigenvalue weighted by Crippen LogP contribution is -2.41. The molecule has 0 radical (unpaired) electrons. The number of hydrogen-bond donors (Lipinski definition) is 3. The highest BCUT2D eigenvalue weighted by Crippen LogP contribution is 2.17. The lowest BCUT2D eigenvalue weighted by atomic mass is 10.0. The van der Waals surface area contributed by atoms with Crippen molar-refractivity contribution < 1.29 is 14.3 Å². The molecule has 1 aliphatic heterocycles. The third-order valence-corrected chi connectivity index (χ3v) is 4.56. The molecule has 7 nitrogen and oxygen atoms in total. The number of benzene rings is 2. The number of amides is 2. The molecule has 2 aromatic carbocycles. The summed E-state index contributed by atoms with van der Waals surface area (Å²) in [5, 5.41) is 5.70. The number of nitrogens with two attached hydrogens (primary N) is 1. The highest BCUT2D eigenvalue weighted by Gasteiger charge is 2.14. The molecular formula is C21H28Cl2N4O3. The summed E-state index contributed by atoms with van der Waals surface area (Å²) in [5.74, 6) is -0.215. The van der Waals surface area contributed by atoms with Crippen molar-refractivity contribution in [3.8, 4) is 0 Å². The van der Waals surface area contributed by atoms with Crippen LogP contribution in [-0.4, -0.2) is 49.6 Å². The van der Waals surface area contributed by atoms with E-state index in [0.717, 1.165) is 18.7 Å². The minimum absolute atomic E-state index is 0. The summed E-state index contributed by atoms with van der Waals surface area (Å²) in [5.41, 5.74) is 8.37. The third kappa shape index (κ3) is 8.30. The summed E-state index contributed by atoms with van der Waals surface area (Å²) in [4.78, 5) is 26.4. The van der Waals surface area contributed by atoms with E-state index in [-0.39, 0.29) is 49.1 Å². The van der Waals surface area contributed by atoms with Gasteiger partial charge in [0.15, 0.2) is 0 Å². The molecule has 0 aromatic heterocycles. The molecule has 0 aliphatic carbocycles. The van der Waals surface area contributed by atoms with Gasteiger partial charge in [-0.1, -0.05) is 30.3 Å². The molecule has 3 rings (SSSR count). The van der Waals surface area contributed by atoms with Crippen molar-refractivity contribution in [2.45, 2.75) is 12.5 Å². The van der Waals surface area contributed by atoms with E-state index in [0.29, 0.717) is 31.1 Å². The van der Waals surface area contributed by atoms with E-state index >= 15 is 0 Å². The van der Waals surface area contributed by atoms with Gasteiger partial charge in [0.05, 0.1) is 19.8 Å². The van der Waals surface area contributed by atoms with Gasteiger partial charge in [0.2, 0.25) is 11.8 Å². The van der Waals surface area contributed by atoms with Crippen LogP contribution in [0, 0.1) is 0 Å². The molecule has 2 aromatic rings. The molecule has 1 heterocycles. The molecule has 0 spiro atoms. The number of nitrogens with zero attached hydrogens (tertiary/aromatic N) is 1. The Balaban J connectivity index is 0.00000225. The number of morpholine rings is 1. The molecule has 164 valence electrons. The minimum Gasteiger partial charge on any atom is -0.379 e. The van der Waals surface area contributed by atoms with E-state index < -0.39 is 0 Å². The lowest BCUT2D eigenvalue weighted by molar-refractivity contribution is -0.118. The van der Waals surface area contributed by atoms with Crippen LogP contribution in [0.4, 0.5) is 11.4 Å². The van der Waals surface area contributed by atoms with Crippen LogP contribution in [-0.2, 0) is 14.3 Å². The van der Waals surface area contributed by atoms with Gasteiger partial charge in [0.1, 0.15) is 0 Å². The van der Waals surface area contributed by atoms with Crippen LogP contribution in [0.3, 0.4) is 0 Å². The molecule has 9 heteroatoms. The fraction of sp³-hybridized carbons (Fsp3) is 0.333. The fourth-order valence-corrected chi connectivity index (χ4v) is 3.03. The Bertz CT molecular complexity index is 785. The standard InChI is InChI=1S/C21H26N4O3.2ClH/c22-19(16-4-2-1-3-5-16)14-20(26)23-17-6-8-18(9-7-17)24-21(27)15-25-10-12-28-13-11-25;;/h1-9,19H,10-15,22H2,(H,23,26)(H,24,27);2*1H. The van der Waals surface area contributed by atoms with Crippen molar-refractivity contribution in [1.29, 1.82) is 0 Å². The van der Waals surface area contributed by atoms with E-state index in [9.17, 15) is 9.59 Å². The summed E-state index contributed by atoms with van der Waals surface area (Å²) >= 11 is 0. The largest absolute Gasteiger partial charge is 0.379 e. The first-order chi connectivity index (χ1) is 13.6. The van der Waals surface area contributed by atoms with Crippen molar-refractivity contribution in [1.82, 2.24) is 4.90 Å². The first-order valence-corrected chi connectivity index (χ1v) is 9.40. The van der Waals surface area contributed by atoms with Gasteiger partial charge in [-0.25, -0.2) is 0 Å². The van der Waals surface area contributed by atoms with Crippen LogP contribution in [0.15, 0.2) is 54.6 Å². The van der Waals surface area contributed by atoms with Crippen LogP contribution in [0.25, 0.3) is 0 Å². The quantitative estimate of drug-likeness (QED) is 0.597. The van der Waals surface area contributed by atoms with E-state index in [1.165, 1.54) is 0 Å². The van der Waals surface area contributed by atoms with E-state index in [1.807, 2.05) is 30.3 Å². The average Bonchev–Trinajstić information content (AvgIpc) is 2.71. The Morgan fingerprint density at radius 2 is 1.43 bits per heavy atom. The Morgan fingerprint density at radius 3 is 2.00 bits per heavy atom. The normalized spacial score (nSPS) is 14.6. The number of carbonyl (C=O) groups excluding carboxylic acids is 2. The number of nitrogens with one attached hydrogen (secondary N) is 2. The van der Waals surface area contributed by atoms with E-state index in [4.69, 9.17) is 10.5 Å². The molecular weight excluding hydrogens is 427 g/mol. The van der Waals surface area contributed by atoms with Crippen molar-refractivity contribution in [3.05, 3.63) is 60.2 Å². The SMILES string of the molecule is Cl.Cl.NC(CC(=O)Nc1ccc(NC(=O)CN2CCOCC2)cc1)c1ccccc1. The fourth-order valence-electron chi connectivity index (χ4n) is 3.03. The van der Waals surface area contributed by atoms with Crippen LogP contribution in [0.5, 0.6) is 0 Å². The molecule has 1 saturated heterocycles. The Hall–Kier alpha value is -2.16. The van der Waals surface area contributed by atoms with Gasteiger partial charge in [-0.05, 0) is 29.8 Å². The number of hydrogen-bond acceptors (Lipinski definition) is 5. The predicted molar refractivity (Wildman–Crippen MR) is 123 cm³/mol.